The van der Waals surface area contributed by atoms with Gasteiger partial charge in [0.15, 0.2) is 11.6 Å². The maximum absolute atomic E-state index is 9.57. The molecule has 0 bridgehead atoms. The normalized spacial score (nSPS) is 11.4. The van der Waals surface area contributed by atoms with Gasteiger partial charge in [0, 0.05) is 49.7 Å². The molecule has 7 nitrogen and oxygen atoms in total. The molecule has 7 aromatic carbocycles. The van der Waals surface area contributed by atoms with E-state index in [9.17, 15) is 10.5 Å². The molecule has 0 aliphatic rings. The van der Waals surface area contributed by atoms with Gasteiger partial charge in [-0.3, -0.25) is 4.57 Å². The van der Waals surface area contributed by atoms with E-state index in [2.05, 4.69) is 137 Å². The first-order chi connectivity index (χ1) is 26.2. The quantitative estimate of drug-likeness (QED) is 0.181. The summed E-state index contributed by atoms with van der Waals surface area (Å²) in [6, 6.07) is 59.9. The molecule has 0 saturated heterocycles. The first kappa shape index (κ1) is 30.1. The first-order valence-corrected chi connectivity index (χ1v) is 17.3. The van der Waals surface area contributed by atoms with E-state index in [1.807, 2.05) is 28.8 Å². The Morgan fingerprint density at radius 2 is 0.887 bits per heavy atom. The Hall–Kier alpha value is -7.74. The summed E-state index contributed by atoms with van der Waals surface area (Å²) in [5.41, 5.74) is 10.1. The third-order valence-corrected chi connectivity index (χ3v) is 10.1. The molecule has 0 fully saturated rings. The number of nitrogens with zero attached hydrogens (tertiary/aromatic N) is 7. The van der Waals surface area contributed by atoms with Crippen LogP contribution in [-0.2, 0) is 0 Å². The van der Waals surface area contributed by atoms with E-state index in [0.717, 1.165) is 61.0 Å². The van der Waals surface area contributed by atoms with E-state index in [1.54, 1.807) is 24.3 Å². The summed E-state index contributed by atoms with van der Waals surface area (Å²) < 4.78 is 6.71. The number of hydrogen-bond acceptors (Lipinski definition) is 4. The van der Waals surface area contributed by atoms with Crippen LogP contribution in [0.15, 0.2) is 164 Å². The van der Waals surface area contributed by atoms with Crippen molar-refractivity contribution < 1.29 is 0 Å². The monoisotopic (exact) mass is 677 g/mol. The van der Waals surface area contributed by atoms with Gasteiger partial charge >= 0.3 is 0 Å². The van der Waals surface area contributed by atoms with Gasteiger partial charge in [-0.05, 0) is 91.0 Å². The molecule has 7 heteroatoms. The van der Waals surface area contributed by atoms with Gasteiger partial charge in [-0.25, -0.2) is 0 Å². The van der Waals surface area contributed by atoms with Crippen molar-refractivity contribution in [2.24, 2.45) is 0 Å². The summed E-state index contributed by atoms with van der Waals surface area (Å²) in [5.74, 6) is 1.28. The van der Waals surface area contributed by atoms with Crippen LogP contribution in [0.5, 0.6) is 0 Å². The fourth-order valence-electron chi connectivity index (χ4n) is 7.71. The lowest BCUT2D eigenvalue weighted by atomic mass is 10.1. The van der Waals surface area contributed by atoms with E-state index in [0.29, 0.717) is 22.8 Å². The molecule has 53 heavy (non-hydrogen) atoms. The molecule has 0 aliphatic carbocycles. The SMILES string of the molecule is N#Cc1ccc(-c2nnc(-c3cccc4c5ccccc5n(-c5cccc(-n6c7ccccc7c7ccccc76)c5)c34)n2-c2ccc(C#N)cc2)cc1. The Morgan fingerprint density at radius 1 is 0.396 bits per heavy atom. The lowest BCUT2D eigenvalue weighted by Crippen LogP contribution is -2.03. The molecule has 0 amide bonds. The van der Waals surface area contributed by atoms with Crippen molar-refractivity contribution in [2.45, 2.75) is 0 Å². The fraction of sp³-hybridized carbons (Fsp3) is 0. The van der Waals surface area contributed by atoms with Gasteiger partial charge in [-0.1, -0.05) is 72.8 Å². The molecule has 246 valence electrons. The van der Waals surface area contributed by atoms with Crippen LogP contribution in [-0.4, -0.2) is 23.9 Å². The largest absolute Gasteiger partial charge is 0.309 e. The van der Waals surface area contributed by atoms with E-state index in [1.165, 1.54) is 10.8 Å². The number of aromatic nitrogens is 5. The predicted octanol–water partition coefficient (Wildman–Crippen LogP) is 10.5. The summed E-state index contributed by atoms with van der Waals surface area (Å²) >= 11 is 0. The Balaban J connectivity index is 1.25. The topological polar surface area (TPSA) is 88.2 Å². The zero-order valence-corrected chi connectivity index (χ0v) is 28.2. The van der Waals surface area contributed by atoms with Crippen molar-refractivity contribution in [2.75, 3.05) is 0 Å². The van der Waals surface area contributed by atoms with E-state index >= 15 is 0 Å². The number of fused-ring (bicyclic) bond motifs is 6. The molecule has 0 spiro atoms. The molecule has 0 saturated carbocycles. The Bertz CT molecular complexity index is 3070. The molecule has 0 radical (unpaired) electrons. The van der Waals surface area contributed by atoms with Crippen LogP contribution in [0.3, 0.4) is 0 Å². The standard InChI is InChI=1S/C46H27N7/c47-28-30-19-23-32(24-20-30)45-49-50-46(53(45)33-25-21-31(29-48)22-26-33)40-15-8-14-39-38-13-3-6-18-43(38)52(44(39)40)35-10-7-9-34(27-35)51-41-16-4-1-11-36(41)37-12-2-5-17-42(37)51/h1-27H. The minimum atomic E-state index is 0.564. The third kappa shape index (κ3) is 4.66. The Labute approximate surface area is 304 Å². The van der Waals surface area contributed by atoms with Crippen LogP contribution >= 0.6 is 0 Å². The van der Waals surface area contributed by atoms with Crippen LogP contribution < -0.4 is 0 Å². The van der Waals surface area contributed by atoms with Crippen molar-refractivity contribution >= 4 is 43.6 Å². The van der Waals surface area contributed by atoms with Crippen molar-refractivity contribution in [3.05, 3.63) is 175 Å². The average molecular weight is 678 g/mol. The van der Waals surface area contributed by atoms with Gasteiger partial charge < -0.3 is 9.13 Å². The second-order valence-electron chi connectivity index (χ2n) is 13.0. The number of nitriles is 2. The number of benzene rings is 7. The molecule has 3 aromatic heterocycles. The molecule has 0 unspecified atom stereocenters. The van der Waals surface area contributed by atoms with Crippen LogP contribution in [0.1, 0.15) is 11.1 Å². The van der Waals surface area contributed by atoms with Gasteiger partial charge in [0.2, 0.25) is 0 Å². The van der Waals surface area contributed by atoms with Crippen molar-refractivity contribution in [3.63, 3.8) is 0 Å². The predicted molar refractivity (Wildman–Crippen MR) is 210 cm³/mol. The Morgan fingerprint density at radius 3 is 1.51 bits per heavy atom. The molecular formula is C46H27N7. The minimum Gasteiger partial charge on any atom is -0.309 e. The first-order valence-electron chi connectivity index (χ1n) is 17.3. The molecule has 10 aromatic rings. The van der Waals surface area contributed by atoms with Gasteiger partial charge in [0.1, 0.15) is 0 Å². The van der Waals surface area contributed by atoms with Gasteiger partial charge in [0.25, 0.3) is 0 Å². The highest BCUT2D eigenvalue weighted by atomic mass is 15.3. The molecule has 0 N–H and O–H groups in total. The third-order valence-electron chi connectivity index (χ3n) is 10.1. The molecule has 10 rings (SSSR count). The average Bonchev–Trinajstić information content (AvgIpc) is 3.92. The number of rotatable bonds is 5. The van der Waals surface area contributed by atoms with Gasteiger partial charge in [-0.15, -0.1) is 10.2 Å². The second-order valence-corrected chi connectivity index (χ2v) is 13.0. The summed E-state index contributed by atoms with van der Waals surface area (Å²) in [5, 5.41) is 33.3. The number of para-hydroxylation sites is 4. The lowest BCUT2D eigenvalue weighted by molar-refractivity contribution is 1.07. The fourth-order valence-corrected chi connectivity index (χ4v) is 7.71. The summed E-state index contributed by atoms with van der Waals surface area (Å²) in [6.07, 6.45) is 0. The van der Waals surface area contributed by atoms with Crippen LogP contribution in [0, 0.1) is 22.7 Å². The highest BCUT2D eigenvalue weighted by molar-refractivity contribution is 6.14. The smallest absolute Gasteiger partial charge is 0.171 e. The second kappa shape index (κ2) is 11.9. The van der Waals surface area contributed by atoms with Crippen LogP contribution in [0.4, 0.5) is 0 Å². The van der Waals surface area contributed by atoms with Crippen molar-refractivity contribution in [3.8, 4) is 52.0 Å². The van der Waals surface area contributed by atoms with E-state index in [-0.39, 0.29) is 0 Å². The van der Waals surface area contributed by atoms with Crippen LogP contribution in [0.25, 0.3) is 83.4 Å². The zero-order valence-electron chi connectivity index (χ0n) is 28.2. The molecule has 3 heterocycles. The number of hydrogen-bond donors (Lipinski definition) is 0. The van der Waals surface area contributed by atoms with E-state index < -0.39 is 0 Å². The summed E-state index contributed by atoms with van der Waals surface area (Å²) in [4.78, 5) is 0. The van der Waals surface area contributed by atoms with Crippen molar-refractivity contribution in [1.29, 1.82) is 10.5 Å². The maximum Gasteiger partial charge on any atom is 0.171 e. The highest BCUT2D eigenvalue weighted by Gasteiger charge is 2.23. The highest BCUT2D eigenvalue weighted by Crippen LogP contribution is 2.40. The summed E-state index contributed by atoms with van der Waals surface area (Å²) in [6.45, 7) is 0. The molecular weight excluding hydrogens is 651 g/mol. The minimum absolute atomic E-state index is 0.564. The maximum atomic E-state index is 9.57. The van der Waals surface area contributed by atoms with Crippen molar-refractivity contribution in [1.82, 2.24) is 23.9 Å². The molecule has 0 atom stereocenters. The van der Waals surface area contributed by atoms with E-state index in [4.69, 9.17) is 10.2 Å². The van der Waals surface area contributed by atoms with Gasteiger partial charge in [0.05, 0.1) is 45.3 Å². The summed E-state index contributed by atoms with van der Waals surface area (Å²) in [7, 11) is 0. The van der Waals surface area contributed by atoms with Gasteiger partial charge in [-0.2, -0.15) is 10.5 Å². The lowest BCUT2D eigenvalue weighted by Gasteiger charge is -2.15. The zero-order chi connectivity index (χ0) is 35.5. The molecule has 0 aliphatic heterocycles. The Kier molecular flexibility index (Phi) is 6.79. The van der Waals surface area contributed by atoms with Crippen LogP contribution in [0.2, 0.25) is 0 Å².